The number of anilines is 1. The van der Waals surface area contributed by atoms with E-state index < -0.39 is 0 Å². The van der Waals surface area contributed by atoms with Crippen molar-refractivity contribution >= 4 is 16.7 Å². The van der Waals surface area contributed by atoms with Gasteiger partial charge in [-0.1, -0.05) is 42.5 Å². The second-order valence-corrected chi connectivity index (χ2v) is 4.64. The standard InChI is InChI=1S/C17H17N3O/c1-2-21-16-10-11-18-17(20-16)19-12-14-8-5-7-13-6-3-4-9-15(13)14/h3-11H,2,12H2,1H3,(H,18,19,20). The van der Waals surface area contributed by atoms with E-state index in [1.165, 1.54) is 16.3 Å². The van der Waals surface area contributed by atoms with Crippen molar-refractivity contribution in [3.8, 4) is 5.88 Å². The molecule has 0 aliphatic carbocycles. The normalized spacial score (nSPS) is 10.5. The largest absolute Gasteiger partial charge is 0.478 e. The number of hydrogen-bond acceptors (Lipinski definition) is 4. The average molecular weight is 279 g/mol. The SMILES string of the molecule is CCOc1ccnc(NCc2cccc3ccccc23)n1. The number of aromatic nitrogens is 2. The first-order valence-electron chi connectivity index (χ1n) is 7.03. The Morgan fingerprint density at radius 1 is 1.05 bits per heavy atom. The van der Waals surface area contributed by atoms with Crippen molar-refractivity contribution in [2.75, 3.05) is 11.9 Å². The summed E-state index contributed by atoms with van der Waals surface area (Å²) in [7, 11) is 0. The molecule has 0 saturated heterocycles. The van der Waals surface area contributed by atoms with Gasteiger partial charge in [0.2, 0.25) is 11.8 Å². The fraction of sp³-hybridized carbons (Fsp3) is 0.176. The minimum atomic E-state index is 0.578. The van der Waals surface area contributed by atoms with Crippen molar-refractivity contribution in [2.45, 2.75) is 13.5 Å². The quantitative estimate of drug-likeness (QED) is 0.774. The van der Waals surface area contributed by atoms with Crippen LogP contribution in [0.25, 0.3) is 10.8 Å². The van der Waals surface area contributed by atoms with Gasteiger partial charge in [0.05, 0.1) is 6.61 Å². The highest BCUT2D eigenvalue weighted by molar-refractivity contribution is 5.85. The van der Waals surface area contributed by atoms with Gasteiger partial charge in [0.25, 0.3) is 0 Å². The summed E-state index contributed by atoms with van der Waals surface area (Å²) < 4.78 is 5.38. The van der Waals surface area contributed by atoms with E-state index in [0.29, 0.717) is 25.0 Å². The molecule has 0 aliphatic rings. The molecule has 1 aromatic heterocycles. The van der Waals surface area contributed by atoms with Gasteiger partial charge in [-0.2, -0.15) is 4.98 Å². The zero-order valence-electron chi connectivity index (χ0n) is 11.9. The molecular weight excluding hydrogens is 262 g/mol. The van der Waals surface area contributed by atoms with Crippen LogP contribution in [0, 0.1) is 0 Å². The van der Waals surface area contributed by atoms with E-state index >= 15 is 0 Å². The van der Waals surface area contributed by atoms with Crippen LogP contribution >= 0.6 is 0 Å². The number of ether oxygens (including phenoxy) is 1. The summed E-state index contributed by atoms with van der Waals surface area (Å²) in [5.41, 5.74) is 1.22. The maximum Gasteiger partial charge on any atom is 0.226 e. The lowest BCUT2D eigenvalue weighted by Gasteiger charge is -2.09. The Morgan fingerprint density at radius 3 is 2.81 bits per heavy atom. The Kier molecular flexibility index (Phi) is 3.96. The van der Waals surface area contributed by atoms with Crippen LogP contribution in [0.2, 0.25) is 0 Å². The molecule has 0 amide bonds. The Balaban J connectivity index is 1.79. The van der Waals surface area contributed by atoms with Gasteiger partial charge >= 0.3 is 0 Å². The zero-order chi connectivity index (χ0) is 14.5. The minimum absolute atomic E-state index is 0.578. The van der Waals surface area contributed by atoms with Crippen LogP contribution < -0.4 is 10.1 Å². The third kappa shape index (κ3) is 3.11. The molecular formula is C17H17N3O. The summed E-state index contributed by atoms with van der Waals surface area (Å²) in [6.45, 7) is 3.21. The third-order valence-corrected chi connectivity index (χ3v) is 3.24. The fourth-order valence-electron chi connectivity index (χ4n) is 2.28. The van der Waals surface area contributed by atoms with Crippen molar-refractivity contribution in [3.63, 3.8) is 0 Å². The Hall–Kier alpha value is -2.62. The third-order valence-electron chi connectivity index (χ3n) is 3.24. The van der Waals surface area contributed by atoms with Gasteiger partial charge in [-0.15, -0.1) is 0 Å². The summed E-state index contributed by atoms with van der Waals surface area (Å²) in [5.74, 6) is 1.17. The smallest absolute Gasteiger partial charge is 0.226 e. The second-order valence-electron chi connectivity index (χ2n) is 4.64. The predicted molar refractivity (Wildman–Crippen MR) is 84.5 cm³/mol. The molecule has 2 aromatic carbocycles. The first-order valence-corrected chi connectivity index (χ1v) is 7.03. The van der Waals surface area contributed by atoms with Crippen LogP contribution in [0.4, 0.5) is 5.95 Å². The monoisotopic (exact) mass is 279 g/mol. The van der Waals surface area contributed by atoms with Crippen LogP contribution in [0.5, 0.6) is 5.88 Å². The number of nitrogens with zero attached hydrogens (tertiary/aromatic N) is 2. The van der Waals surface area contributed by atoms with Crippen molar-refractivity contribution in [1.82, 2.24) is 9.97 Å². The van der Waals surface area contributed by atoms with E-state index in [-0.39, 0.29) is 0 Å². The predicted octanol–water partition coefficient (Wildman–Crippen LogP) is 3.64. The molecule has 0 bridgehead atoms. The van der Waals surface area contributed by atoms with Gasteiger partial charge < -0.3 is 10.1 Å². The number of benzene rings is 2. The minimum Gasteiger partial charge on any atom is -0.478 e. The molecule has 4 heteroatoms. The highest BCUT2D eigenvalue weighted by atomic mass is 16.5. The fourth-order valence-corrected chi connectivity index (χ4v) is 2.28. The van der Waals surface area contributed by atoms with E-state index in [4.69, 9.17) is 4.74 Å². The zero-order valence-corrected chi connectivity index (χ0v) is 11.9. The van der Waals surface area contributed by atoms with Gasteiger partial charge in [-0.25, -0.2) is 4.98 Å². The van der Waals surface area contributed by atoms with Crippen molar-refractivity contribution in [2.24, 2.45) is 0 Å². The van der Waals surface area contributed by atoms with E-state index in [1.54, 1.807) is 12.3 Å². The lowest BCUT2D eigenvalue weighted by Crippen LogP contribution is -2.05. The lowest BCUT2D eigenvalue weighted by atomic mass is 10.0. The molecule has 3 aromatic rings. The Bertz CT molecular complexity index is 737. The molecule has 0 spiro atoms. The van der Waals surface area contributed by atoms with Crippen LogP contribution in [-0.2, 0) is 6.54 Å². The molecule has 0 unspecified atom stereocenters. The summed E-state index contributed by atoms with van der Waals surface area (Å²) in [4.78, 5) is 8.53. The van der Waals surface area contributed by atoms with Crippen LogP contribution in [0.15, 0.2) is 54.7 Å². The summed E-state index contributed by atoms with van der Waals surface area (Å²) in [5, 5.41) is 5.73. The van der Waals surface area contributed by atoms with Gasteiger partial charge in [-0.3, -0.25) is 0 Å². The van der Waals surface area contributed by atoms with Crippen LogP contribution in [0.3, 0.4) is 0 Å². The van der Waals surface area contributed by atoms with Gasteiger partial charge in [0.15, 0.2) is 0 Å². The van der Waals surface area contributed by atoms with Gasteiger partial charge in [0, 0.05) is 18.8 Å². The van der Waals surface area contributed by atoms with E-state index in [9.17, 15) is 0 Å². The molecule has 21 heavy (non-hydrogen) atoms. The van der Waals surface area contributed by atoms with Crippen molar-refractivity contribution in [1.29, 1.82) is 0 Å². The van der Waals surface area contributed by atoms with Crippen LogP contribution in [0.1, 0.15) is 12.5 Å². The highest BCUT2D eigenvalue weighted by Gasteiger charge is 2.02. The maximum absolute atomic E-state index is 5.38. The van der Waals surface area contributed by atoms with Crippen molar-refractivity contribution in [3.05, 3.63) is 60.3 Å². The molecule has 1 N–H and O–H groups in total. The first-order chi connectivity index (χ1) is 10.4. The number of fused-ring (bicyclic) bond motifs is 1. The first kappa shape index (κ1) is 13.4. The van der Waals surface area contributed by atoms with Crippen LogP contribution in [-0.4, -0.2) is 16.6 Å². The van der Waals surface area contributed by atoms with E-state index in [0.717, 1.165) is 0 Å². The number of nitrogens with one attached hydrogen (secondary N) is 1. The van der Waals surface area contributed by atoms with Gasteiger partial charge in [-0.05, 0) is 23.3 Å². The van der Waals surface area contributed by atoms with E-state index in [1.807, 2.05) is 13.0 Å². The maximum atomic E-state index is 5.38. The molecule has 0 atom stereocenters. The molecule has 4 nitrogen and oxygen atoms in total. The summed E-state index contributed by atoms with van der Waals surface area (Å²) in [6, 6.07) is 16.4. The molecule has 0 fully saturated rings. The Labute approximate surface area is 123 Å². The molecule has 0 aliphatic heterocycles. The summed E-state index contributed by atoms with van der Waals surface area (Å²) >= 11 is 0. The number of hydrogen-bond donors (Lipinski definition) is 1. The van der Waals surface area contributed by atoms with Gasteiger partial charge in [0.1, 0.15) is 0 Å². The topological polar surface area (TPSA) is 47.0 Å². The molecule has 3 rings (SSSR count). The molecule has 0 radical (unpaired) electrons. The molecule has 106 valence electrons. The highest BCUT2D eigenvalue weighted by Crippen LogP contribution is 2.19. The molecule has 1 heterocycles. The second kappa shape index (κ2) is 6.22. The lowest BCUT2D eigenvalue weighted by molar-refractivity contribution is 0.326. The van der Waals surface area contributed by atoms with Crippen molar-refractivity contribution < 1.29 is 4.74 Å². The Morgan fingerprint density at radius 2 is 1.90 bits per heavy atom. The molecule has 0 saturated carbocycles. The van der Waals surface area contributed by atoms with E-state index in [2.05, 4.69) is 51.7 Å². The summed E-state index contributed by atoms with van der Waals surface area (Å²) in [6.07, 6.45) is 1.70. The average Bonchev–Trinajstić information content (AvgIpc) is 2.53. The number of rotatable bonds is 5.